The summed E-state index contributed by atoms with van der Waals surface area (Å²) >= 11 is 6.10. The normalized spacial score (nSPS) is 15.4. The van der Waals surface area contributed by atoms with E-state index in [-0.39, 0.29) is 17.7 Å². The van der Waals surface area contributed by atoms with Crippen LogP contribution in [0.25, 0.3) is 0 Å². The summed E-state index contributed by atoms with van der Waals surface area (Å²) < 4.78 is 33.0. The topological polar surface area (TPSA) is 12.5 Å². The lowest BCUT2D eigenvalue weighted by Gasteiger charge is -2.32. The highest BCUT2D eigenvalue weighted by Gasteiger charge is 2.21. The summed E-state index contributed by atoms with van der Waals surface area (Å²) in [5, 5.41) is 0.784. The third-order valence-electron chi connectivity index (χ3n) is 6.16. The molecule has 0 atom stereocenters. The number of likely N-dealkylation sites (tertiary alicyclic amines) is 1. The van der Waals surface area contributed by atoms with Crippen LogP contribution in [0.1, 0.15) is 42.1 Å². The van der Waals surface area contributed by atoms with Crippen LogP contribution in [0.2, 0.25) is 5.02 Å². The summed E-state index contributed by atoms with van der Waals surface area (Å²) in [4.78, 5) is 2.48. The van der Waals surface area contributed by atoms with Gasteiger partial charge in [0.2, 0.25) is 0 Å². The molecular weight excluding hydrogens is 428 g/mol. The maximum absolute atomic E-state index is 13.4. The maximum Gasteiger partial charge on any atom is 0.123 e. The van der Waals surface area contributed by atoms with Crippen molar-refractivity contribution in [3.63, 3.8) is 0 Å². The average Bonchev–Trinajstić information content (AvgIpc) is 2.80. The summed E-state index contributed by atoms with van der Waals surface area (Å²) in [6.45, 7) is 3.67. The predicted molar refractivity (Wildman–Crippen MR) is 125 cm³/mol. The highest BCUT2D eigenvalue weighted by molar-refractivity contribution is 6.30. The Balaban J connectivity index is 1.29. The molecule has 0 spiro atoms. The van der Waals surface area contributed by atoms with Crippen molar-refractivity contribution in [3.05, 3.63) is 106 Å². The molecule has 0 radical (unpaired) electrons. The van der Waals surface area contributed by atoms with Gasteiger partial charge in [-0.25, -0.2) is 8.78 Å². The van der Waals surface area contributed by atoms with Crippen LogP contribution in [0, 0.1) is 17.6 Å². The van der Waals surface area contributed by atoms with Crippen LogP contribution in [-0.4, -0.2) is 24.6 Å². The minimum absolute atomic E-state index is 0.281. The molecule has 1 heterocycles. The first kappa shape index (κ1) is 22.9. The van der Waals surface area contributed by atoms with Crippen LogP contribution in [0.4, 0.5) is 8.78 Å². The van der Waals surface area contributed by atoms with Crippen molar-refractivity contribution in [2.45, 2.75) is 31.9 Å². The number of hydrogen-bond acceptors (Lipinski definition) is 2. The van der Waals surface area contributed by atoms with Gasteiger partial charge in [-0.05, 0) is 91.4 Å². The van der Waals surface area contributed by atoms with Crippen LogP contribution >= 0.6 is 11.6 Å². The third kappa shape index (κ3) is 6.38. The molecule has 0 amide bonds. The monoisotopic (exact) mass is 455 g/mol. The largest absolute Gasteiger partial charge is 0.369 e. The minimum Gasteiger partial charge on any atom is -0.369 e. The number of piperidine rings is 1. The van der Waals surface area contributed by atoms with E-state index in [0.29, 0.717) is 12.5 Å². The van der Waals surface area contributed by atoms with Gasteiger partial charge in [0.05, 0.1) is 0 Å². The fraction of sp³-hybridized carbons (Fsp3) is 0.333. The molecule has 0 saturated carbocycles. The Hall–Kier alpha value is -2.27. The summed E-state index contributed by atoms with van der Waals surface area (Å²) in [6.07, 6.45) is 2.92. The molecule has 1 aliphatic rings. The zero-order valence-electron chi connectivity index (χ0n) is 18.0. The Morgan fingerprint density at radius 2 is 1.47 bits per heavy atom. The van der Waals surface area contributed by atoms with Crippen molar-refractivity contribution >= 4 is 11.6 Å². The molecule has 0 N–H and O–H groups in total. The van der Waals surface area contributed by atoms with E-state index in [2.05, 4.69) is 11.0 Å². The first-order chi connectivity index (χ1) is 15.6. The SMILES string of the molecule is Fc1ccc(C(OCCC2CCN(Cc3cccc(Cl)c3)CC2)c2ccc(F)cc2)cc1. The predicted octanol–water partition coefficient (Wildman–Crippen LogP) is 7.03. The zero-order valence-corrected chi connectivity index (χ0v) is 18.8. The lowest BCUT2D eigenvalue weighted by molar-refractivity contribution is 0.0595. The number of halogens is 3. The van der Waals surface area contributed by atoms with E-state index in [1.54, 1.807) is 24.3 Å². The number of ether oxygens (including phenoxy) is 1. The zero-order chi connectivity index (χ0) is 22.3. The molecule has 1 saturated heterocycles. The Kier molecular flexibility index (Phi) is 7.90. The van der Waals surface area contributed by atoms with Crippen molar-refractivity contribution < 1.29 is 13.5 Å². The van der Waals surface area contributed by atoms with Crippen molar-refractivity contribution in [2.75, 3.05) is 19.7 Å². The second kappa shape index (κ2) is 11.0. The Bertz CT molecular complexity index is 940. The molecule has 0 aliphatic carbocycles. The maximum atomic E-state index is 13.4. The molecule has 0 bridgehead atoms. The van der Waals surface area contributed by atoms with Gasteiger partial charge in [0.25, 0.3) is 0 Å². The summed E-state index contributed by atoms with van der Waals surface area (Å²) in [5.41, 5.74) is 2.99. The van der Waals surface area contributed by atoms with Gasteiger partial charge >= 0.3 is 0 Å². The molecule has 168 valence electrons. The van der Waals surface area contributed by atoms with Gasteiger partial charge in [-0.2, -0.15) is 0 Å². The van der Waals surface area contributed by atoms with Gasteiger partial charge in [-0.1, -0.05) is 48.0 Å². The first-order valence-electron chi connectivity index (χ1n) is 11.2. The van der Waals surface area contributed by atoms with Crippen molar-refractivity contribution in [3.8, 4) is 0 Å². The lowest BCUT2D eigenvalue weighted by Crippen LogP contribution is -2.33. The summed E-state index contributed by atoms with van der Waals surface area (Å²) in [6, 6.07) is 20.7. The molecule has 1 aliphatic heterocycles. The third-order valence-corrected chi connectivity index (χ3v) is 6.39. The fourth-order valence-electron chi connectivity index (χ4n) is 4.34. The van der Waals surface area contributed by atoms with Gasteiger partial charge in [-0.3, -0.25) is 4.90 Å². The molecule has 5 heteroatoms. The van der Waals surface area contributed by atoms with E-state index < -0.39 is 0 Å². The first-order valence-corrected chi connectivity index (χ1v) is 11.5. The number of hydrogen-bond donors (Lipinski definition) is 0. The highest BCUT2D eigenvalue weighted by Crippen LogP contribution is 2.29. The van der Waals surface area contributed by atoms with Gasteiger partial charge in [-0.15, -0.1) is 0 Å². The Morgan fingerprint density at radius 3 is 2.03 bits per heavy atom. The van der Waals surface area contributed by atoms with E-state index in [1.165, 1.54) is 29.8 Å². The van der Waals surface area contributed by atoms with Crippen molar-refractivity contribution in [1.29, 1.82) is 0 Å². The van der Waals surface area contributed by atoms with E-state index in [0.717, 1.165) is 55.0 Å². The average molecular weight is 456 g/mol. The summed E-state index contributed by atoms with van der Waals surface area (Å²) in [7, 11) is 0. The molecular formula is C27H28ClF2NO. The minimum atomic E-state index is -0.334. The highest BCUT2D eigenvalue weighted by atomic mass is 35.5. The van der Waals surface area contributed by atoms with Crippen LogP contribution in [0.15, 0.2) is 72.8 Å². The standard InChI is InChI=1S/C27H28ClF2NO/c28-24-3-1-2-21(18-24)19-31-15-12-20(13-16-31)14-17-32-27(22-4-8-25(29)9-5-22)23-6-10-26(30)11-7-23/h1-11,18,20,27H,12-17,19H2. The van der Waals surface area contributed by atoms with E-state index >= 15 is 0 Å². The number of rotatable bonds is 8. The lowest BCUT2D eigenvalue weighted by atomic mass is 9.93. The van der Waals surface area contributed by atoms with Crippen molar-refractivity contribution in [1.82, 2.24) is 4.90 Å². The number of nitrogens with zero attached hydrogens (tertiary/aromatic N) is 1. The van der Waals surface area contributed by atoms with Gasteiger partial charge < -0.3 is 4.74 Å². The molecule has 0 aromatic heterocycles. The smallest absolute Gasteiger partial charge is 0.123 e. The van der Waals surface area contributed by atoms with Gasteiger partial charge in [0.1, 0.15) is 17.7 Å². The molecule has 1 fully saturated rings. The molecule has 4 rings (SSSR count). The van der Waals surface area contributed by atoms with Gasteiger partial charge in [0.15, 0.2) is 0 Å². The second-order valence-electron chi connectivity index (χ2n) is 8.49. The Labute approximate surface area is 193 Å². The molecule has 2 nitrogen and oxygen atoms in total. The van der Waals surface area contributed by atoms with E-state index in [4.69, 9.17) is 16.3 Å². The van der Waals surface area contributed by atoms with E-state index in [9.17, 15) is 8.78 Å². The van der Waals surface area contributed by atoms with Crippen LogP contribution in [-0.2, 0) is 11.3 Å². The van der Waals surface area contributed by atoms with Crippen molar-refractivity contribution in [2.24, 2.45) is 5.92 Å². The second-order valence-corrected chi connectivity index (χ2v) is 8.93. The van der Waals surface area contributed by atoms with Gasteiger partial charge in [0, 0.05) is 18.2 Å². The Morgan fingerprint density at radius 1 is 0.875 bits per heavy atom. The van der Waals surface area contributed by atoms with E-state index in [1.807, 2.05) is 18.2 Å². The van der Waals surface area contributed by atoms with Crippen LogP contribution in [0.3, 0.4) is 0 Å². The molecule has 3 aromatic rings. The molecule has 0 unspecified atom stereocenters. The fourth-order valence-corrected chi connectivity index (χ4v) is 4.55. The molecule has 3 aromatic carbocycles. The molecule has 32 heavy (non-hydrogen) atoms. The number of benzene rings is 3. The summed E-state index contributed by atoms with van der Waals surface area (Å²) in [5.74, 6) is 0.0555. The van der Waals surface area contributed by atoms with Crippen LogP contribution < -0.4 is 0 Å². The van der Waals surface area contributed by atoms with Crippen LogP contribution in [0.5, 0.6) is 0 Å². The quantitative estimate of drug-likeness (QED) is 0.361.